The Balaban J connectivity index is 1.65. The number of piperidine rings is 1. The molecule has 7 heteroatoms. The third-order valence-corrected chi connectivity index (χ3v) is 4.93. The van der Waals surface area contributed by atoms with Gasteiger partial charge in [0.05, 0.1) is 0 Å². The van der Waals surface area contributed by atoms with Crippen LogP contribution in [0.3, 0.4) is 0 Å². The molecule has 3 rings (SSSR count). The molecule has 0 bridgehead atoms. The quantitative estimate of drug-likeness (QED) is 0.682. The molecule has 142 valence electrons. The summed E-state index contributed by atoms with van der Waals surface area (Å²) in [7, 11) is 1.82. The molecule has 0 unspecified atom stereocenters. The second kappa shape index (κ2) is 8.53. The molecule has 7 nitrogen and oxygen atoms in total. The van der Waals surface area contributed by atoms with Crippen LogP contribution >= 0.6 is 0 Å². The van der Waals surface area contributed by atoms with Crippen LogP contribution in [0.15, 0.2) is 48.0 Å². The van der Waals surface area contributed by atoms with Crippen molar-refractivity contribution in [3.8, 4) is 11.1 Å². The highest BCUT2D eigenvalue weighted by molar-refractivity contribution is 5.87. The van der Waals surface area contributed by atoms with Gasteiger partial charge in [-0.15, -0.1) is 0 Å². The maximum atomic E-state index is 12.2. The number of likely N-dealkylation sites (tertiary alicyclic amines) is 1. The third-order valence-electron chi connectivity index (χ3n) is 4.93. The van der Waals surface area contributed by atoms with Gasteiger partial charge in [-0.1, -0.05) is 6.58 Å². The summed E-state index contributed by atoms with van der Waals surface area (Å²) in [6.07, 6.45) is 6.64. The number of rotatable bonds is 6. The number of aromatic amines is 1. The zero-order valence-electron chi connectivity index (χ0n) is 15.5. The van der Waals surface area contributed by atoms with Gasteiger partial charge in [-0.05, 0) is 48.6 Å². The number of nitrogens with zero attached hydrogens (tertiary/aromatic N) is 2. The second-order valence-corrected chi connectivity index (χ2v) is 6.66. The number of anilines is 2. The molecule has 0 spiro atoms. The predicted molar refractivity (Wildman–Crippen MR) is 108 cm³/mol. The molecule has 0 saturated carbocycles. The molecule has 1 saturated heterocycles. The zero-order chi connectivity index (χ0) is 19.2. The molecule has 0 aliphatic carbocycles. The number of carbonyl (C=O) groups excluding carboxylic acids is 1. The van der Waals surface area contributed by atoms with Crippen LogP contribution in [-0.4, -0.2) is 47.5 Å². The average Bonchev–Trinajstić information content (AvgIpc) is 2.73. The summed E-state index contributed by atoms with van der Waals surface area (Å²) in [4.78, 5) is 32.7. The molecule has 1 aliphatic heterocycles. The normalized spacial score (nSPS) is 14.6. The molecule has 3 heterocycles. The minimum Gasteiger partial charge on any atom is -0.380 e. The Morgan fingerprint density at radius 3 is 2.85 bits per heavy atom. The van der Waals surface area contributed by atoms with Crippen LogP contribution in [0.5, 0.6) is 0 Å². The van der Waals surface area contributed by atoms with Crippen molar-refractivity contribution in [3.63, 3.8) is 0 Å². The maximum Gasteiger partial charge on any atom is 0.271 e. The molecule has 1 aliphatic rings. The number of amides is 1. The molecular weight excluding hydrogens is 342 g/mol. The lowest BCUT2D eigenvalue weighted by atomic mass is 9.96. The van der Waals surface area contributed by atoms with Gasteiger partial charge < -0.3 is 20.5 Å². The maximum absolute atomic E-state index is 12.2. The Bertz CT molecular complexity index is 869. The lowest BCUT2D eigenvalue weighted by Gasteiger charge is -2.31. The van der Waals surface area contributed by atoms with Crippen LogP contribution in [0.4, 0.5) is 11.5 Å². The lowest BCUT2D eigenvalue weighted by Crippen LogP contribution is -2.39. The smallest absolute Gasteiger partial charge is 0.271 e. The van der Waals surface area contributed by atoms with Crippen LogP contribution in [-0.2, 0) is 4.79 Å². The van der Waals surface area contributed by atoms with E-state index in [0.29, 0.717) is 18.2 Å². The molecule has 0 radical (unpaired) electrons. The van der Waals surface area contributed by atoms with Gasteiger partial charge in [0, 0.05) is 44.6 Å². The Hall–Kier alpha value is -3.09. The summed E-state index contributed by atoms with van der Waals surface area (Å²) in [6, 6.07) is 5.71. The van der Waals surface area contributed by atoms with Gasteiger partial charge in [0.25, 0.3) is 5.56 Å². The Kier molecular flexibility index (Phi) is 5.90. The van der Waals surface area contributed by atoms with Crippen LogP contribution in [0.2, 0.25) is 0 Å². The number of aromatic nitrogens is 2. The van der Waals surface area contributed by atoms with Gasteiger partial charge in [-0.2, -0.15) is 0 Å². The van der Waals surface area contributed by atoms with E-state index in [2.05, 4.69) is 27.2 Å². The molecule has 27 heavy (non-hydrogen) atoms. The van der Waals surface area contributed by atoms with E-state index in [-0.39, 0.29) is 11.5 Å². The van der Waals surface area contributed by atoms with Gasteiger partial charge in [-0.3, -0.25) is 9.59 Å². The zero-order valence-corrected chi connectivity index (χ0v) is 15.5. The summed E-state index contributed by atoms with van der Waals surface area (Å²) in [5.41, 5.74) is 2.31. The van der Waals surface area contributed by atoms with Crippen molar-refractivity contribution in [2.24, 2.45) is 5.92 Å². The van der Waals surface area contributed by atoms with E-state index in [0.717, 1.165) is 42.9 Å². The van der Waals surface area contributed by atoms with E-state index < -0.39 is 0 Å². The van der Waals surface area contributed by atoms with Crippen molar-refractivity contribution in [3.05, 3.63) is 53.6 Å². The largest absolute Gasteiger partial charge is 0.380 e. The van der Waals surface area contributed by atoms with Crippen molar-refractivity contribution < 1.29 is 4.79 Å². The highest BCUT2D eigenvalue weighted by Crippen LogP contribution is 2.22. The van der Waals surface area contributed by atoms with Crippen molar-refractivity contribution >= 4 is 17.4 Å². The Labute approximate surface area is 158 Å². The second-order valence-electron chi connectivity index (χ2n) is 6.66. The van der Waals surface area contributed by atoms with E-state index in [1.54, 1.807) is 12.4 Å². The SMILES string of the molecule is C=CC(=O)N1CCC(CNc2cc(-c3ccnc(NC)c3)c[nH]c2=O)CC1. The molecule has 0 aromatic carbocycles. The van der Waals surface area contributed by atoms with E-state index >= 15 is 0 Å². The fraction of sp³-hybridized carbons (Fsp3) is 0.350. The fourth-order valence-corrected chi connectivity index (χ4v) is 3.27. The molecule has 1 amide bonds. The molecule has 0 atom stereocenters. The van der Waals surface area contributed by atoms with Crippen LogP contribution in [0, 0.1) is 5.92 Å². The number of carbonyl (C=O) groups is 1. The molecule has 3 N–H and O–H groups in total. The molecular formula is C20H25N5O2. The first-order valence-corrected chi connectivity index (χ1v) is 9.13. The third kappa shape index (κ3) is 4.55. The number of H-pyrrole nitrogens is 1. The fourth-order valence-electron chi connectivity index (χ4n) is 3.27. The van der Waals surface area contributed by atoms with E-state index in [1.807, 2.05) is 30.1 Å². The average molecular weight is 367 g/mol. The van der Waals surface area contributed by atoms with E-state index in [4.69, 9.17) is 0 Å². The number of nitrogens with one attached hydrogen (secondary N) is 3. The molecule has 2 aromatic heterocycles. The number of hydrogen-bond acceptors (Lipinski definition) is 5. The topological polar surface area (TPSA) is 90.1 Å². The van der Waals surface area contributed by atoms with Crippen LogP contribution in [0.25, 0.3) is 11.1 Å². The highest BCUT2D eigenvalue weighted by atomic mass is 16.2. The van der Waals surface area contributed by atoms with E-state index in [1.165, 1.54) is 6.08 Å². The summed E-state index contributed by atoms with van der Waals surface area (Å²) >= 11 is 0. The van der Waals surface area contributed by atoms with Gasteiger partial charge in [0.15, 0.2) is 0 Å². The minimum atomic E-state index is -0.138. The number of pyridine rings is 2. The summed E-state index contributed by atoms with van der Waals surface area (Å²) in [5.74, 6) is 1.19. The van der Waals surface area contributed by atoms with E-state index in [9.17, 15) is 9.59 Å². The first-order chi connectivity index (χ1) is 13.1. The minimum absolute atomic E-state index is 0.0103. The van der Waals surface area contributed by atoms with Gasteiger partial charge in [-0.25, -0.2) is 4.98 Å². The van der Waals surface area contributed by atoms with Gasteiger partial charge in [0.1, 0.15) is 11.5 Å². The summed E-state index contributed by atoms with van der Waals surface area (Å²) in [5, 5.41) is 6.30. The molecule has 1 fully saturated rings. The predicted octanol–water partition coefficient (Wildman–Crippen LogP) is 2.32. The lowest BCUT2D eigenvalue weighted by molar-refractivity contribution is -0.127. The summed E-state index contributed by atoms with van der Waals surface area (Å²) < 4.78 is 0. The van der Waals surface area contributed by atoms with Crippen LogP contribution < -0.4 is 16.2 Å². The van der Waals surface area contributed by atoms with Crippen molar-refractivity contribution in [1.29, 1.82) is 0 Å². The van der Waals surface area contributed by atoms with Crippen molar-refractivity contribution in [2.45, 2.75) is 12.8 Å². The summed E-state index contributed by atoms with van der Waals surface area (Å²) in [6.45, 7) is 5.71. The van der Waals surface area contributed by atoms with Crippen molar-refractivity contribution in [1.82, 2.24) is 14.9 Å². The van der Waals surface area contributed by atoms with Crippen molar-refractivity contribution in [2.75, 3.05) is 37.3 Å². The molecule has 2 aromatic rings. The first kappa shape index (κ1) is 18.7. The number of hydrogen-bond donors (Lipinski definition) is 3. The highest BCUT2D eigenvalue weighted by Gasteiger charge is 2.21. The Morgan fingerprint density at radius 2 is 2.15 bits per heavy atom. The Morgan fingerprint density at radius 1 is 1.37 bits per heavy atom. The standard InChI is InChI=1S/C20H25N5O2/c1-3-19(26)25-8-5-14(6-9-25)12-23-17-10-16(13-24-20(17)27)15-4-7-22-18(11-15)21-2/h3-4,7,10-11,13-14,23H,1,5-6,8-9,12H2,2H3,(H,21,22)(H,24,27). The first-order valence-electron chi connectivity index (χ1n) is 9.13. The van der Waals surface area contributed by atoms with Gasteiger partial charge in [0.2, 0.25) is 5.91 Å². The monoisotopic (exact) mass is 367 g/mol. The van der Waals surface area contributed by atoms with Gasteiger partial charge >= 0.3 is 0 Å². The van der Waals surface area contributed by atoms with Crippen LogP contribution in [0.1, 0.15) is 12.8 Å².